The number of hydrogen-bond acceptors (Lipinski definition) is 3. The highest BCUT2D eigenvalue weighted by molar-refractivity contribution is 7.99. The molecule has 0 radical (unpaired) electrons. The van der Waals surface area contributed by atoms with E-state index < -0.39 is 0 Å². The second-order valence-electron chi connectivity index (χ2n) is 3.61. The first-order chi connectivity index (χ1) is 7.75. The van der Waals surface area contributed by atoms with Crippen molar-refractivity contribution in [3.05, 3.63) is 28.2 Å². The Bertz CT molecular complexity index is 356. The maximum absolute atomic E-state index is 6.00. The van der Waals surface area contributed by atoms with Crippen LogP contribution in [-0.2, 0) is 0 Å². The third-order valence-corrected chi connectivity index (χ3v) is 4.01. The van der Waals surface area contributed by atoms with E-state index in [9.17, 15) is 0 Å². The SMILES string of the molecule is Clc1ccc(Cl)c(OCC2CSCCN2)c1. The highest BCUT2D eigenvalue weighted by Crippen LogP contribution is 2.27. The Morgan fingerprint density at radius 2 is 2.31 bits per heavy atom. The molecule has 1 N–H and O–H groups in total. The average Bonchev–Trinajstić information content (AvgIpc) is 2.32. The lowest BCUT2D eigenvalue weighted by Gasteiger charge is -2.23. The Kier molecular flexibility index (Phi) is 4.65. The van der Waals surface area contributed by atoms with Crippen molar-refractivity contribution >= 4 is 35.0 Å². The predicted molar refractivity (Wildman–Crippen MR) is 71.1 cm³/mol. The summed E-state index contributed by atoms with van der Waals surface area (Å²) in [6, 6.07) is 5.65. The van der Waals surface area contributed by atoms with Crippen molar-refractivity contribution < 1.29 is 4.74 Å². The van der Waals surface area contributed by atoms with Crippen molar-refractivity contribution in [2.45, 2.75) is 6.04 Å². The average molecular weight is 278 g/mol. The van der Waals surface area contributed by atoms with Crippen molar-refractivity contribution in [3.8, 4) is 5.75 Å². The number of thioether (sulfide) groups is 1. The number of halogens is 2. The van der Waals surface area contributed by atoms with Crippen LogP contribution in [0.3, 0.4) is 0 Å². The third-order valence-electron chi connectivity index (χ3n) is 2.33. The highest BCUT2D eigenvalue weighted by Gasteiger charge is 2.14. The Balaban J connectivity index is 1.90. The maximum atomic E-state index is 6.00. The minimum Gasteiger partial charge on any atom is -0.490 e. The molecule has 0 saturated carbocycles. The molecule has 1 fully saturated rings. The van der Waals surface area contributed by atoms with Crippen LogP contribution in [0.25, 0.3) is 0 Å². The lowest BCUT2D eigenvalue weighted by atomic mass is 10.3. The van der Waals surface area contributed by atoms with Gasteiger partial charge in [-0.15, -0.1) is 0 Å². The van der Waals surface area contributed by atoms with Gasteiger partial charge in [-0.3, -0.25) is 0 Å². The van der Waals surface area contributed by atoms with Gasteiger partial charge in [0.15, 0.2) is 0 Å². The number of rotatable bonds is 3. The lowest BCUT2D eigenvalue weighted by Crippen LogP contribution is -2.41. The molecule has 1 heterocycles. The fourth-order valence-electron chi connectivity index (χ4n) is 1.50. The summed E-state index contributed by atoms with van der Waals surface area (Å²) in [7, 11) is 0. The van der Waals surface area contributed by atoms with E-state index in [-0.39, 0.29) is 0 Å². The first kappa shape index (κ1) is 12.4. The summed E-state index contributed by atoms with van der Waals surface area (Å²) in [5.41, 5.74) is 0. The summed E-state index contributed by atoms with van der Waals surface area (Å²) in [5.74, 6) is 2.92. The van der Waals surface area contributed by atoms with Crippen molar-refractivity contribution in [1.29, 1.82) is 0 Å². The Labute approximate surface area is 110 Å². The fraction of sp³-hybridized carbons (Fsp3) is 0.455. The van der Waals surface area contributed by atoms with E-state index in [4.69, 9.17) is 27.9 Å². The molecule has 1 aromatic rings. The van der Waals surface area contributed by atoms with Gasteiger partial charge in [-0.25, -0.2) is 0 Å². The van der Waals surface area contributed by atoms with E-state index in [2.05, 4.69) is 5.32 Å². The van der Waals surface area contributed by atoms with Crippen molar-refractivity contribution in [2.24, 2.45) is 0 Å². The lowest BCUT2D eigenvalue weighted by molar-refractivity contribution is 0.276. The summed E-state index contributed by atoms with van der Waals surface area (Å²) >= 11 is 13.8. The van der Waals surface area contributed by atoms with Gasteiger partial charge in [0.25, 0.3) is 0 Å². The summed E-state index contributed by atoms with van der Waals surface area (Å²) in [6.07, 6.45) is 0. The zero-order chi connectivity index (χ0) is 11.4. The molecule has 0 aromatic heterocycles. The molecule has 0 spiro atoms. The quantitative estimate of drug-likeness (QED) is 0.918. The molecule has 16 heavy (non-hydrogen) atoms. The summed E-state index contributed by atoms with van der Waals surface area (Å²) in [6.45, 7) is 1.68. The summed E-state index contributed by atoms with van der Waals surface area (Å²) < 4.78 is 5.66. The number of nitrogens with one attached hydrogen (secondary N) is 1. The van der Waals surface area contributed by atoms with Gasteiger partial charge < -0.3 is 10.1 Å². The van der Waals surface area contributed by atoms with Gasteiger partial charge in [0.05, 0.1) is 11.1 Å². The van der Waals surface area contributed by atoms with Crippen LogP contribution in [0.4, 0.5) is 0 Å². The van der Waals surface area contributed by atoms with E-state index >= 15 is 0 Å². The molecule has 5 heteroatoms. The molecule has 2 rings (SSSR count). The molecule has 1 aromatic carbocycles. The molecule has 1 saturated heterocycles. The maximum Gasteiger partial charge on any atom is 0.139 e. The molecule has 1 aliphatic heterocycles. The van der Waals surface area contributed by atoms with Crippen LogP contribution in [0.15, 0.2) is 18.2 Å². The van der Waals surface area contributed by atoms with E-state index in [1.165, 1.54) is 5.75 Å². The van der Waals surface area contributed by atoms with Gasteiger partial charge in [0, 0.05) is 29.1 Å². The van der Waals surface area contributed by atoms with E-state index in [1.54, 1.807) is 18.2 Å². The Hall–Kier alpha value is -0.0900. The normalized spacial score (nSPS) is 20.8. The second kappa shape index (κ2) is 6.01. The Morgan fingerprint density at radius 1 is 1.44 bits per heavy atom. The van der Waals surface area contributed by atoms with Gasteiger partial charge in [0.2, 0.25) is 0 Å². The highest BCUT2D eigenvalue weighted by atomic mass is 35.5. The van der Waals surface area contributed by atoms with Gasteiger partial charge in [0.1, 0.15) is 12.4 Å². The van der Waals surface area contributed by atoms with Crippen molar-refractivity contribution in [1.82, 2.24) is 5.32 Å². The van der Waals surface area contributed by atoms with E-state index in [1.807, 2.05) is 11.8 Å². The first-order valence-electron chi connectivity index (χ1n) is 5.14. The molecule has 0 aliphatic carbocycles. The van der Waals surface area contributed by atoms with Crippen LogP contribution in [-0.4, -0.2) is 30.7 Å². The molecule has 88 valence electrons. The van der Waals surface area contributed by atoms with E-state index in [0.717, 1.165) is 12.3 Å². The Morgan fingerprint density at radius 3 is 3.06 bits per heavy atom. The minimum atomic E-state index is 0.397. The van der Waals surface area contributed by atoms with Crippen molar-refractivity contribution in [2.75, 3.05) is 24.7 Å². The second-order valence-corrected chi connectivity index (χ2v) is 5.61. The van der Waals surface area contributed by atoms with Crippen LogP contribution in [0, 0.1) is 0 Å². The molecule has 1 unspecified atom stereocenters. The van der Waals surface area contributed by atoms with Crippen molar-refractivity contribution in [3.63, 3.8) is 0 Å². The zero-order valence-electron chi connectivity index (χ0n) is 8.71. The van der Waals surface area contributed by atoms with Crippen LogP contribution >= 0.6 is 35.0 Å². The van der Waals surface area contributed by atoms with E-state index in [0.29, 0.717) is 28.4 Å². The van der Waals surface area contributed by atoms with Crippen LogP contribution in [0.1, 0.15) is 0 Å². The predicted octanol–water partition coefficient (Wildman–Crippen LogP) is 3.08. The number of ether oxygens (including phenoxy) is 1. The van der Waals surface area contributed by atoms with Crippen LogP contribution < -0.4 is 10.1 Å². The smallest absolute Gasteiger partial charge is 0.139 e. The summed E-state index contributed by atoms with van der Waals surface area (Å²) in [4.78, 5) is 0. The van der Waals surface area contributed by atoms with Gasteiger partial charge in [-0.1, -0.05) is 23.2 Å². The molecule has 1 atom stereocenters. The van der Waals surface area contributed by atoms with Crippen LogP contribution in [0.2, 0.25) is 10.0 Å². The number of hydrogen-bond donors (Lipinski definition) is 1. The third kappa shape index (κ3) is 3.45. The molecule has 0 amide bonds. The van der Waals surface area contributed by atoms with Gasteiger partial charge >= 0.3 is 0 Å². The van der Waals surface area contributed by atoms with Gasteiger partial charge in [-0.2, -0.15) is 11.8 Å². The monoisotopic (exact) mass is 277 g/mol. The number of benzene rings is 1. The molecular formula is C11H13Cl2NOS. The first-order valence-corrected chi connectivity index (χ1v) is 7.06. The zero-order valence-corrected chi connectivity index (χ0v) is 11.0. The van der Waals surface area contributed by atoms with Gasteiger partial charge in [-0.05, 0) is 12.1 Å². The summed E-state index contributed by atoms with van der Waals surface area (Å²) in [5, 5.41) is 4.65. The largest absolute Gasteiger partial charge is 0.490 e. The van der Waals surface area contributed by atoms with Crippen LogP contribution in [0.5, 0.6) is 5.75 Å². The molecule has 0 bridgehead atoms. The molecule has 1 aliphatic rings. The topological polar surface area (TPSA) is 21.3 Å². The molecule has 2 nitrogen and oxygen atoms in total. The minimum absolute atomic E-state index is 0.397. The standard InChI is InChI=1S/C11H13Cl2NOS/c12-8-1-2-10(13)11(5-8)15-6-9-7-16-4-3-14-9/h1-2,5,9,14H,3-4,6-7H2. The molecular weight excluding hydrogens is 265 g/mol. The fourth-order valence-corrected chi connectivity index (χ4v) is 2.77.